The van der Waals surface area contributed by atoms with Crippen molar-refractivity contribution in [2.75, 3.05) is 11.9 Å². The molecular weight excluding hydrogens is 293 g/mol. The normalized spacial score (nSPS) is 12.0. The van der Waals surface area contributed by atoms with Crippen LogP contribution in [0.1, 0.15) is 28.9 Å². The molecule has 1 atom stereocenters. The molecule has 0 saturated heterocycles. The zero-order valence-electron chi connectivity index (χ0n) is 11.7. The number of halogens is 2. The van der Waals surface area contributed by atoms with Crippen LogP contribution in [0.5, 0.6) is 0 Å². The Kier molecular flexibility index (Phi) is 4.48. The third-order valence-corrected chi connectivity index (χ3v) is 3.74. The summed E-state index contributed by atoms with van der Waals surface area (Å²) in [6.45, 7) is 1.81. The number of hydrogen-bond acceptors (Lipinski definition) is 2. The number of benzene rings is 2. The summed E-state index contributed by atoms with van der Waals surface area (Å²) in [4.78, 5) is 13.0. The highest BCUT2D eigenvalue weighted by Gasteiger charge is 2.20. The van der Waals surface area contributed by atoms with E-state index in [2.05, 4.69) is 0 Å². The predicted molar refractivity (Wildman–Crippen MR) is 81.6 cm³/mol. The standard InChI is InChI=1S/C16H15ClFNO2/c1-10(12-5-3-4-6-14(12)18)19(2)15-9-11(17)7-8-13(15)16(20)21/h3-10H,1-2H3,(H,20,21). The van der Waals surface area contributed by atoms with Crippen LogP contribution in [0.25, 0.3) is 0 Å². The summed E-state index contributed by atoms with van der Waals surface area (Å²) in [6.07, 6.45) is 0. The van der Waals surface area contributed by atoms with Crippen molar-refractivity contribution in [3.8, 4) is 0 Å². The molecule has 0 aliphatic carbocycles. The molecule has 0 fully saturated rings. The van der Waals surface area contributed by atoms with E-state index in [1.54, 1.807) is 36.2 Å². The number of carboxylic acids is 1. The number of aromatic carboxylic acids is 1. The maximum atomic E-state index is 13.9. The summed E-state index contributed by atoms with van der Waals surface area (Å²) in [5, 5.41) is 9.70. The van der Waals surface area contributed by atoms with Crippen LogP contribution in [0.2, 0.25) is 5.02 Å². The maximum absolute atomic E-state index is 13.9. The molecule has 0 amide bonds. The van der Waals surface area contributed by atoms with Gasteiger partial charge in [0.2, 0.25) is 0 Å². The summed E-state index contributed by atoms with van der Waals surface area (Å²) >= 11 is 5.95. The van der Waals surface area contributed by atoms with Gasteiger partial charge in [0.25, 0.3) is 0 Å². The summed E-state index contributed by atoms with van der Waals surface area (Å²) in [7, 11) is 1.72. The van der Waals surface area contributed by atoms with Gasteiger partial charge in [0.05, 0.1) is 17.3 Å². The van der Waals surface area contributed by atoms with Crippen molar-refractivity contribution >= 4 is 23.3 Å². The average molecular weight is 308 g/mol. The molecule has 110 valence electrons. The first-order valence-electron chi connectivity index (χ1n) is 6.42. The molecule has 2 aromatic rings. The van der Waals surface area contributed by atoms with Crippen LogP contribution in [-0.2, 0) is 0 Å². The van der Waals surface area contributed by atoms with Crippen LogP contribution in [0, 0.1) is 5.82 Å². The van der Waals surface area contributed by atoms with E-state index in [0.717, 1.165) is 0 Å². The smallest absolute Gasteiger partial charge is 0.337 e. The lowest BCUT2D eigenvalue weighted by atomic mass is 10.0. The van der Waals surface area contributed by atoms with E-state index in [1.807, 2.05) is 6.92 Å². The first-order chi connectivity index (χ1) is 9.91. The molecule has 3 nitrogen and oxygen atoms in total. The van der Waals surface area contributed by atoms with Crippen LogP contribution < -0.4 is 4.90 Å². The van der Waals surface area contributed by atoms with Crippen LogP contribution in [0.15, 0.2) is 42.5 Å². The molecule has 0 saturated carbocycles. The number of hydrogen-bond donors (Lipinski definition) is 1. The molecule has 1 unspecified atom stereocenters. The Bertz CT molecular complexity index is 675. The molecule has 0 heterocycles. The zero-order chi connectivity index (χ0) is 15.6. The van der Waals surface area contributed by atoms with Gasteiger partial charge in [0, 0.05) is 17.6 Å². The van der Waals surface area contributed by atoms with E-state index in [-0.39, 0.29) is 17.4 Å². The average Bonchev–Trinajstić information content (AvgIpc) is 2.45. The second-order valence-electron chi connectivity index (χ2n) is 4.78. The zero-order valence-corrected chi connectivity index (χ0v) is 12.4. The molecule has 1 N–H and O–H groups in total. The number of carbonyl (C=O) groups is 1. The molecule has 5 heteroatoms. The van der Waals surface area contributed by atoms with Crippen LogP contribution >= 0.6 is 11.6 Å². The summed E-state index contributed by atoms with van der Waals surface area (Å²) < 4.78 is 13.9. The van der Waals surface area contributed by atoms with Crippen molar-refractivity contribution in [3.05, 3.63) is 64.4 Å². The lowest BCUT2D eigenvalue weighted by Crippen LogP contribution is -2.24. The van der Waals surface area contributed by atoms with Gasteiger partial charge < -0.3 is 10.0 Å². The molecule has 0 aliphatic heterocycles. The number of nitrogens with zero attached hydrogens (tertiary/aromatic N) is 1. The largest absolute Gasteiger partial charge is 0.478 e. The van der Waals surface area contributed by atoms with Crippen molar-refractivity contribution in [2.24, 2.45) is 0 Å². The highest BCUT2D eigenvalue weighted by molar-refractivity contribution is 6.31. The molecule has 2 rings (SSSR count). The molecule has 0 bridgehead atoms. The van der Waals surface area contributed by atoms with Gasteiger partial charge in [-0.25, -0.2) is 9.18 Å². The third-order valence-electron chi connectivity index (χ3n) is 3.51. The fourth-order valence-corrected chi connectivity index (χ4v) is 2.37. The summed E-state index contributed by atoms with van der Waals surface area (Å²) in [5.74, 6) is -1.37. The van der Waals surface area contributed by atoms with E-state index in [4.69, 9.17) is 11.6 Å². The Hall–Kier alpha value is -2.07. The van der Waals surface area contributed by atoms with E-state index in [1.165, 1.54) is 18.2 Å². The fraction of sp³-hybridized carbons (Fsp3) is 0.188. The topological polar surface area (TPSA) is 40.5 Å². The van der Waals surface area contributed by atoms with Crippen molar-refractivity contribution < 1.29 is 14.3 Å². The molecule has 0 aliphatic rings. The van der Waals surface area contributed by atoms with Gasteiger partial charge in [0.1, 0.15) is 5.82 Å². The SMILES string of the molecule is CC(c1ccccc1F)N(C)c1cc(Cl)ccc1C(=O)O. The molecule has 0 aromatic heterocycles. The summed E-state index contributed by atoms with van der Waals surface area (Å²) in [5.41, 5.74) is 1.08. The predicted octanol–water partition coefficient (Wildman–Crippen LogP) is 4.37. The van der Waals surface area contributed by atoms with E-state index >= 15 is 0 Å². The van der Waals surface area contributed by atoms with Gasteiger partial charge in [-0.1, -0.05) is 29.8 Å². The van der Waals surface area contributed by atoms with Gasteiger partial charge in [-0.2, -0.15) is 0 Å². The maximum Gasteiger partial charge on any atom is 0.337 e. The highest BCUT2D eigenvalue weighted by atomic mass is 35.5. The second kappa shape index (κ2) is 6.14. The Labute approximate surface area is 127 Å². The van der Waals surface area contributed by atoms with Crippen LogP contribution in [-0.4, -0.2) is 18.1 Å². The molecule has 0 radical (unpaired) electrons. The lowest BCUT2D eigenvalue weighted by molar-refractivity contribution is 0.0697. The van der Waals surface area contributed by atoms with Gasteiger partial charge in [0.15, 0.2) is 0 Å². The second-order valence-corrected chi connectivity index (χ2v) is 5.21. The Balaban J connectivity index is 2.44. The van der Waals surface area contributed by atoms with Crippen molar-refractivity contribution in [1.29, 1.82) is 0 Å². The quantitative estimate of drug-likeness (QED) is 0.911. The fourth-order valence-electron chi connectivity index (χ4n) is 2.21. The molecule has 0 spiro atoms. The minimum atomic E-state index is -1.05. The Morgan fingerprint density at radius 3 is 2.57 bits per heavy atom. The van der Waals surface area contributed by atoms with Crippen molar-refractivity contribution in [1.82, 2.24) is 0 Å². The van der Waals surface area contributed by atoms with E-state index in [9.17, 15) is 14.3 Å². The van der Waals surface area contributed by atoms with E-state index in [0.29, 0.717) is 16.3 Å². The number of rotatable bonds is 4. The monoisotopic (exact) mass is 307 g/mol. The van der Waals surface area contributed by atoms with Gasteiger partial charge in [-0.3, -0.25) is 0 Å². The Morgan fingerprint density at radius 2 is 1.95 bits per heavy atom. The highest BCUT2D eigenvalue weighted by Crippen LogP contribution is 2.31. The van der Waals surface area contributed by atoms with Crippen LogP contribution in [0.4, 0.5) is 10.1 Å². The first-order valence-corrected chi connectivity index (χ1v) is 6.79. The Morgan fingerprint density at radius 1 is 1.29 bits per heavy atom. The lowest BCUT2D eigenvalue weighted by Gasteiger charge is -2.29. The molecule has 2 aromatic carbocycles. The van der Waals surface area contributed by atoms with Crippen LogP contribution in [0.3, 0.4) is 0 Å². The summed E-state index contributed by atoms with van der Waals surface area (Å²) in [6, 6.07) is 10.6. The van der Waals surface area contributed by atoms with Gasteiger partial charge in [-0.15, -0.1) is 0 Å². The van der Waals surface area contributed by atoms with Crippen molar-refractivity contribution in [2.45, 2.75) is 13.0 Å². The van der Waals surface area contributed by atoms with Gasteiger partial charge in [-0.05, 0) is 31.2 Å². The third kappa shape index (κ3) is 3.16. The minimum Gasteiger partial charge on any atom is -0.478 e. The van der Waals surface area contributed by atoms with E-state index < -0.39 is 5.97 Å². The first kappa shape index (κ1) is 15.3. The molecular formula is C16H15ClFNO2. The minimum absolute atomic E-state index is 0.130. The van der Waals surface area contributed by atoms with Gasteiger partial charge >= 0.3 is 5.97 Å². The number of carboxylic acid groups (broad SMARTS) is 1. The van der Waals surface area contributed by atoms with Crippen molar-refractivity contribution in [3.63, 3.8) is 0 Å². The number of anilines is 1. The molecule has 21 heavy (non-hydrogen) atoms.